The third kappa shape index (κ3) is 3.51. The largest absolute Gasteiger partial charge is 0.497 e. The molecule has 0 spiro atoms. The van der Waals surface area contributed by atoms with Crippen LogP contribution in [0.4, 0.5) is 14.9 Å². The van der Waals surface area contributed by atoms with Crippen molar-refractivity contribution >= 4 is 11.7 Å². The van der Waals surface area contributed by atoms with Crippen LogP contribution in [0.25, 0.3) is 0 Å². The SMILES string of the molecule is COc1ccc(OC)c([C@@H]2c3cccn3CCN2C(=O)Nc2ccccc2F)c1. The van der Waals surface area contributed by atoms with E-state index in [4.69, 9.17) is 9.47 Å². The summed E-state index contributed by atoms with van der Waals surface area (Å²) in [6.45, 7) is 1.11. The minimum absolute atomic E-state index is 0.148. The molecule has 4 rings (SSSR count). The second-order valence-electron chi connectivity index (χ2n) is 6.74. The maximum atomic E-state index is 14.1. The molecule has 2 heterocycles. The van der Waals surface area contributed by atoms with Gasteiger partial charge in [-0.1, -0.05) is 12.1 Å². The Bertz CT molecular complexity index is 1030. The molecule has 0 saturated heterocycles. The molecule has 2 aromatic carbocycles. The molecule has 1 atom stereocenters. The minimum atomic E-state index is -0.475. The normalized spacial score (nSPS) is 15.6. The Morgan fingerprint density at radius 1 is 1.07 bits per heavy atom. The van der Waals surface area contributed by atoms with Crippen molar-refractivity contribution in [3.63, 3.8) is 0 Å². The first kappa shape index (κ1) is 18.9. The Morgan fingerprint density at radius 3 is 2.66 bits per heavy atom. The first-order chi connectivity index (χ1) is 14.1. The Kier molecular flexibility index (Phi) is 5.12. The number of halogens is 1. The highest BCUT2D eigenvalue weighted by atomic mass is 19.1. The molecule has 1 aromatic heterocycles. The van der Waals surface area contributed by atoms with Crippen molar-refractivity contribution in [2.24, 2.45) is 0 Å². The van der Waals surface area contributed by atoms with Crippen LogP contribution in [0.3, 0.4) is 0 Å². The quantitative estimate of drug-likeness (QED) is 0.717. The molecule has 7 heteroatoms. The zero-order chi connectivity index (χ0) is 20.4. The number of aromatic nitrogens is 1. The molecule has 0 aliphatic carbocycles. The lowest BCUT2D eigenvalue weighted by molar-refractivity contribution is 0.180. The Labute approximate surface area is 168 Å². The number of hydrogen-bond donors (Lipinski definition) is 1. The van der Waals surface area contributed by atoms with E-state index in [1.54, 1.807) is 37.3 Å². The second-order valence-corrected chi connectivity index (χ2v) is 6.74. The molecule has 2 amide bonds. The van der Waals surface area contributed by atoms with Crippen LogP contribution in [-0.2, 0) is 6.54 Å². The number of fused-ring (bicyclic) bond motifs is 1. The van der Waals surface area contributed by atoms with Gasteiger partial charge in [0.1, 0.15) is 23.4 Å². The number of benzene rings is 2. The van der Waals surface area contributed by atoms with Crippen LogP contribution < -0.4 is 14.8 Å². The van der Waals surface area contributed by atoms with Gasteiger partial charge in [-0.25, -0.2) is 9.18 Å². The van der Waals surface area contributed by atoms with Gasteiger partial charge < -0.3 is 24.3 Å². The average Bonchev–Trinajstić information content (AvgIpc) is 3.23. The van der Waals surface area contributed by atoms with Gasteiger partial charge in [0.05, 0.1) is 19.9 Å². The van der Waals surface area contributed by atoms with Crippen LogP contribution >= 0.6 is 0 Å². The molecule has 0 bridgehead atoms. The first-order valence-corrected chi connectivity index (χ1v) is 9.31. The number of para-hydroxylation sites is 1. The molecule has 0 unspecified atom stereocenters. The van der Waals surface area contributed by atoms with Gasteiger partial charge >= 0.3 is 6.03 Å². The smallest absolute Gasteiger partial charge is 0.322 e. The summed E-state index contributed by atoms with van der Waals surface area (Å²) in [6, 6.07) is 14.8. The number of urea groups is 1. The van der Waals surface area contributed by atoms with Crippen molar-refractivity contribution in [2.75, 3.05) is 26.1 Å². The summed E-state index contributed by atoms with van der Waals surface area (Å²) in [5.74, 6) is 0.838. The van der Waals surface area contributed by atoms with Crippen molar-refractivity contribution in [3.8, 4) is 11.5 Å². The highest BCUT2D eigenvalue weighted by Gasteiger charge is 2.34. The van der Waals surface area contributed by atoms with Crippen molar-refractivity contribution in [2.45, 2.75) is 12.6 Å². The molecule has 6 nitrogen and oxygen atoms in total. The molecule has 0 radical (unpaired) electrons. The summed E-state index contributed by atoms with van der Waals surface area (Å²) >= 11 is 0. The van der Waals surface area contributed by atoms with Crippen molar-refractivity contribution in [1.82, 2.24) is 9.47 Å². The van der Waals surface area contributed by atoms with Gasteiger partial charge in [-0.15, -0.1) is 0 Å². The minimum Gasteiger partial charge on any atom is -0.497 e. The zero-order valence-corrected chi connectivity index (χ0v) is 16.3. The lowest BCUT2D eigenvalue weighted by Gasteiger charge is -2.37. The number of rotatable bonds is 4. The molecule has 150 valence electrons. The van der Waals surface area contributed by atoms with E-state index >= 15 is 0 Å². The molecular formula is C22H22FN3O3. The fourth-order valence-corrected chi connectivity index (χ4v) is 3.73. The summed E-state index contributed by atoms with van der Waals surface area (Å²) in [5, 5.41) is 2.70. The molecule has 29 heavy (non-hydrogen) atoms. The molecular weight excluding hydrogens is 373 g/mol. The number of carbonyl (C=O) groups is 1. The molecule has 1 N–H and O–H groups in total. The van der Waals surface area contributed by atoms with E-state index < -0.39 is 11.9 Å². The van der Waals surface area contributed by atoms with E-state index in [2.05, 4.69) is 9.88 Å². The highest BCUT2D eigenvalue weighted by Crippen LogP contribution is 2.39. The number of nitrogens with one attached hydrogen (secondary N) is 1. The van der Waals surface area contributed by atoms with Crippen LogP contribution in [0.15, 0.2) is 60.8 Å². The monoisotopic (exact) mass is 395 g/mol. The predicted octanol–water partition coefficient (Wildman–Crippen LogP) is 4.28. The Hall–Kier alpha value is -3.48. The van der Waals surface area contributed by atoms with Crippen LogP contribution in [0, 0.1) is 5.82 Å². The van der Waals surface area contributed by atoms with E-state index in [-0.39, 0.29) is 11.7 Å². The molecule has 0 saturated carbocycles. The molecule has 1 aliphatic rings. The van der Waals surface area contributed by atoms with Crippen molar-refractivity contribution in [1.29, 1.82) is 0 Å². The Morgan fingerprint density at radius 2 is 1.90 bits per heavy atom. The van der Waals surface area contributed by atoms with Gasteiger partial charge in [0.2, 0.25) is 0 Å². The second kappa shape index (κ2) is 7.87. The van der Waals surface area contributed by atoms with Crippen LogP contribution in [0.5, 0.6) is 11.5 Å². The summed E-state index contributed by atoms with van der Waals surface area (Å²) in [7, 11) is 3.19. The van der Waals surface area contributed by atoms with Crippen molar-refractivity contribution < 1.29 is 18.7 Å². The van der Waals surface area contributed by atoms with Crippen molar-refractivity contribution in [3.05, 3.63) is 77.9 Å². The summed E-state index contributed by atoms with van der Waals surface area (Å²) in [5.41, 5.74) is 1.90. The maximum absolute atomic E-state index is 14.1. The van der Waals surface area contributed by atoms with E-state index in [0.717, 1.165) is 11.3 Å². The number of anilines is 1. The number of ether oxygens (including phenoxy) is 2. The fourth-order valence-electron chi connectivity index (χ4n) is 3.73. The van der Waals surface area contributed by atoms with Gasteiger partial charge in [0.25, 0.3) is 0 Å². The molecule has 3 aromatic rings. The number of methoxy groups -OCH3 is 2. The number of hydrogen-bond acceptors (Lipinski definition) is 3. The maximum Gasteiger partial charge on any atom is 0.322 e. The Balaban J connectivity index is 1.76. The fraction of sp³-hybridized carbons (Fsp3) is 0.227. The number of carbonyl (C=O) groups excluding carboxylic acids is 1. The van der Waals surface area contributed by atoms with E-state index in [1.807, 2.05) is 36.5 Å². The summed E-state index contributed by atoms with van der Waals surface area (Å²) < 4.78 is 27.1. The van der Waals surface area contributed by atoms with Gasteiger partial charge in [0.15, 0.2) is 0 Å². The third-order valence-electron chi connectivity index (χ3n) is 5.15. The standard InChI is InChI=1S/C22H22FN3O3/c1-28-15-9-10-20(29-2)16(14-15)21-19-8-5-11-25(19)12-13-26(21)22(27)24-18-7-4-3-6-17(18)23/h3-11,14,21H,12-13H2,1-2H3,(H,24,27)/t21-/m1/s1. The summed E-state index contributed by atoms with van der Waals surface area (Å²) in [4.78, 5) is 14.8. The zero-order valence-electron chi connectivity index (χ0n) is 16.3. The van der Waals surface area contributed by atoms with Gasteiger partial charge in [0, 0.05) is 30.5 Å². The molecule has 1 aliphatic heterocycles. The van der Waals surface area contributed by atoms with E-state index in [9.17, 15) is 9.18 Å². The van der Waals surface area contributed by atoms with Crippen LogP contribution in [-0.4, -0.2) is 36.3 Å². The average molecular weight is 395 g/mol. The number of amides is 2. The van der Waals surface area contributed by atoms with Crippen LogP contribution in [0.1, 0.15) is 17.3 Å². The first-order valence-electron chi connectivity index (χ1n) is 9.31. The van der Waals surface area contributed by atoms with Crippen LogP contribution in [0.2, 0.25) is 0 Å². The van der Waals surface area contributed by atoms with Gasteiger partial charge in [-0.05, 0) is 42.5 Å². The lowest BCUT2D eigenvalue weighted by Crippen LogP contribution is -2.44. The van der Waals surface area contributed by atoms with E-state index in [0.29, 0.717) is 24.6 Å². The number of nitrogens with zero attached hydrogens (tertiary/aromatic N) is 2. The molecule has 0 fully saturated rings. The lowest BCUT2D eigenvalue weighted by atomic mass is 9.98. The van der Waals surface area contributed by atoms with Gasteiger partial charge in [-0.3, -0.25) is 0 Å². The topological polar surface area (TPSA) is 55.7 Å². The van der Waals surface area contributed by atoms with E-state index in [1.165, 1.54) is 6.07 Å². The predicted molar refractivity (Wildman–Crippen MR) is 108 cm³/mol. The third-order valence-corrected chi connectivity index (χ3v) is 5.15. The summed E-state index contributed by atoms with van der Waals surface area (Å²) in [6.07, 6.45) is 1.99. The highest BCUT2D eigenvalue weighted by molar-refractivity contribution is 5.90. The van der Waals surface area contributed by atoms with Gasteiger partial charge in [-0.2, -0.15) is 0 Å².